The average molecular weight is 1090 g/mol. The van der Waals surface area contributed by atoms with Crippen molar-refractivity contribution in [1.29, 1.82) is 0 Å². The second-order valence-corrected chi connectivity index (χ2v) is 25.5. The highest BCUT2D eigenvalue weighted by atomic mass is 14.8. The number of hydrogen-bond acceptors (Lipinski definition) is 2. The molecule has 2 aromatic rings. The second-order valence-electron chi connectivity index (χ2n) is 25.5. The van der Waals surface area contributed by atoms with Crippen molar-refractivity contribution in [3.8, 4) is 0 Å². The number of rotatable bonds is 62. The molecule has 0 atom stereocenters. The molecular weight excluding hydrogens is 953 g/mol. The van der Waals surface area contributed by atoms with E-state index in [4.69, 9.17) is 9.98 Å². The molecule has 0 amide bonds. The Hall–Kier alpha value is -2.22. The van der Waals surface area contributed by atoms with Gasteiger partial charge in [0.05, 0.1) is 22.8 Å². The third kappa shape index (κ3) is 47.9. The largest absolute Gasteiger partial charge is 0.252 e. The van der Waals surface area contributed by atoms with Crippen LogP contribution in [-0.4, -0.2) is 11.4 Å². The van der Waals surface area contributed by atoms with Crippen LogP contribution in [0.15, 0.2) is 58.5 Å². The Morgan fingerprint density at radius 2 is 0.380 bits per heavy atom. The number of aliphatic imine (C=N–C) groups is 2. The molecule has 0 heterocycles. The van der Waals surface area contributed by atoms with Crippen molar-refractivity contribution in [3.63, 3.8) is 0 Å². The molecular formula is C77H138N2. The molecule has 2 aromatic carbocycles. The maximum Gasteiger partial charge on any atom is 0.0633 e. The summed E-state index contributed by atoms with van der Waals surface area (Å²) in [5, 5.41) is 0. The first-order chi connectivity index (χ1) is 39.2. The fourth-order valence-electron chi connectivity index (χ4n) is 12.1. The lowest BCUT2D eigenvalue weighted by Crippen LogP contribution is -2.14. The Balaban J connectivity index is 1.54. The number of hydrogen-bond donors (Lipinski definition) is 0. The first-order valence-corrected chi connectivity index (χ1v) is 36.5. The molecule has 456 valence electrons. The van der Waals surface area contributed by atoms with Crippen LogP contribution in [0.1, 0.15) is 405 Å². The number of unbranched alkanes of at least 4 members (excludes halogenated alkanes) is 51. The monoisotopic (exact) mass is 1090 g/mol. The predicted octanol–water partition coefficient (Wildman–Crippen LogP) is 27.9. The molecule has 0 saturated carbocycles. The summed E-state index contributed by atoms with van der Waals surface area (Å²) in [6, 6.07) is 18.4. The van der Waals surface area contributed by atoms with Gasteiger partial charge in [-0.2, -0.15) is 0 Å². The molecule has 0 aliphatic carbocycles. The van der Waals surface area contributed by atoms with Gasteiger partial charge in [-0.1, -0.05) is 379 Å². The molecule has 0 bridgehead atoms. The summed E-state index contributed by atoms with van der Waals surface area (Å²) >= 11 is 0. The molecule has 0 fully saturated rings. The van der Waals surface area contributed by atoms with Gasteiger partial charge in [0.1, 0.15) is 0 Å². The van der Waals surface area contributed by atoms with E-state index in [0.29, 0.717) is 0 Å². The van der Waals surface area contributed by atoms with Crippen molar-refractivity contribution in [2.45, 2.75) is 407 Å². The minimum Gasteiger partial charge on any atom is -0.252 e. The summed E-state index contributed by atoms with van der Waals surface area (Å²) in [6.07, 6.45) is 82.7. The molecule has 0 saturated heterocycles. The van der Waals surface area contributed by atoms with Gasteiger partial charge in [0.15, 0.2) is 0 Å². The zero-order valence-corrected chi connectivity index (χ0v) is 54.2. The van der Waals surface area contributed by atoms with E-state index in [1.807, 2.05) is 0 Å². The standard InChI is InChI=1S/C77H138N2/c1-5-9-13-15-17-19-21-23-25-27-29-31-33-35-37-39-41-43-45-47-49-51-53-55-58-60-72-64-68-74(69-65-72)78-76(62-12-8-4)77(63-57-11-7-3)79-75-70-66-73(67-71-75)61-59-56-54-52-50-48-46-44-42-40-38-36-34-32-30-28-26-24-22-20-18-16-14-10-6-2/h64-71H,5-63H2,1-4H3. The number of aryl methyl sites for hydroxylation is 2. The summed E-state index contributed by atoms with van der Waals surface area (Å²) < 4.78 is 0. The molecule has 0 N–H and O–H groups in total. The number of benzene rings is 2. The summed E-state index contributed by atoms with van der Waals surface area (Å²) in [4.78, 5) is 10.7. The summed E-state index contributed by atoms with van der Waals surface area (Å²) in [5.41, 5.74) is 7.50. The fraction of sp³-hybridized carbons (Fsp3) is 0.818. The van der Waals surface area contributed by atoms with Gasteiger partial charge in [0, 0.05) is 0 Å². The molecule has 0 aromatic heterocycles. The first-order valence-electron chi connectivity index (χ1n) is 36.5. The van der Waals surface area contributed by atoms with Gasteiger partial charge in [0.2, 0.25) is 0 Å². The third-order valence-corrected chi connectivity index (χ3v) is 17.7. The lowest BCUT2D eigenvalue weighted by Gasteiger charge is -2.12. The Labute approximate surface area is 496 Å². The van der Waals surface area contributed by atoms with Crippen LogP contribution < -0.4 is 0 Å². The highest BCUT2D eigenvalue weighted by Gasteiger charge is 2.11. The van der Waals surface area contributed by atoms with Crippen molar-refractivity contribution in [2.24, 2.45) is 9.98 Å². The normalized spacial score (nSPS) is 12.2. The third-order valence-electron chi connectivity index (χ3n) is 17.7. The van der Waals surface area contributed by atoms with Gasteiger partial charge in [-0.3, -0.25) is 9.98 Å². The molecule has 79 heavy (non-hydrogen) atoms. The summed E-state index contributed by atoms with van der Waals surface area (Å²) in [7, 11) is 0. The fourth-order valence-corrected chi connectivity index (χ4v) is 12.1. The molecule has 0 unspecified atom stereocenters. The zero-order valence-electron chi connectivity index (χ0n) is 54.2. The van der Waals surface area contributed by atoms with Crippen molar-refractivity contribution < 1.29 is 0 Å². The second kappa shape index (κ2) is 59.0. The molecule has 0 radical (unpaired) electrons. The van der Waals surface area contributed by atoms with E-state index in [1.54, 1.807) is 0 Å². The Morgan fingerprint density at radius 1 is 0.203 bits per heavy atom. The van der Waals surface area contributed by atoms with Crippen LogP contribution in [0.4, 0.5) is 11.4 Å². The molecule has 0 aliphatic heterocycles. The maximum atomic E-state index is 5.34. The van der Waals surface area contributed by atoms with Crippen molar-refractivity contribution in [1.82, 2.24) is 0 Å². The Bertz CT molecular complexity index is 1570. The van der Waals surface area contributed by atoms with Gasteiger partial charge in [0.25, 0.3) is 0 Å². The first kappa shape index (κ1) is 72.9. The average Bonchev–Trinajstić information content (AvgIpc) is 3.47. The highest BCUT2D eigenvalue weighted by molar-refractivity contribution is 6.43. The van der Waals surface area contributed by atoms with Crippen LogP contribution in [0.2, 0.25) is 0 Å². The van der Waals surface area contributed by atoms with E-state index in [0.717, 1.165) is 30.6 Å². The van der Waals surface area contributed by atoms with E-state index in [9.17, 15) is 0 Å². The van der Waals surface area contributed by atoms with Gasteiger partial charge in [-0.05, 0) is 86.8 Å². The molecule has 0 aliphatic rings. The van der Waals surface area contributed by atoms with Gasteiger partial charge in [-0.15, -0.1) is 0 Å². The van der Waals surface area contributed by atoms with Crippen LogP contribution in [0.25, 0.3) is 0 Å². The van der Waals surface area contributed by atoms with E-state index in [1.165, 1.54) is 382 Å². The van der Waals surface area contributed by atoms with Crippen LogP contribution in [-0.2, 0) is 12.8 Å². The number of nitrogens with zero attached hydrogens (tertiary/aromatic N) is 2. The topological polar surface area (TPSA) is 24.7 Å². The van der Waals surface area contributed by atoms with Gasteiger partial charge < -0.3 is 0 Å². The molecule has 2 rings (SSSR count). The Kier molecular flexibility index (Phi) is 54.4. The molecule has 2 nitrogen and oxygen atoms in total. The quantitative estimate of drug-likeness (QED) is 0.0466. The SMILES string of the molecule is CCCCCCCCCCCCCCCCCCCCCCCCCCCc1ccc(N=C(CCCC)C(CCCCC)=Nc2ccc(CCCCCCCCCCCCCCCCCCCCCCCCCCC)cc2)cc1. The maximum absolute atomic E-state index is 5.34. The smallest absolute Gasteiger partial charge is 0.0633 e. The van der Waals surface area contributed by atoms with E-state index in [-0.39, 0.29) is 0 Å². The van der Waals surface area contributed by atoms with Crippen molar-refractivity contribution in [2.75, 3.05) is 0 Å². The van der Waals surface area contributed by atoms with E-state index in [2.05, 4.69) is 76.2 Å². The van der Waals surface area contributed by atoms with Gasteiger partial charge in [-0.25, -0.2) is 0 Å². The predicted molar refractivity (Wildman–Crippen MR) is 360 cm³/mol. The lowest BCUT2D eigenvalue weighted by atomic mass is 10.0. The highest BCUT2D eigenvalue weighted by Crippen LogP contribution is 2.24. The minimum atomic E-state index is 1.00. The van der Waals surface area contributed by atoms with Crippen molar-refractivity contribution in [3.05, 3.63) is 59.7 Å². The Morgan fingerprint density at radius 3 is 0.595 bits per heavy atom. The zero-order chi connectivity index (χ0) is 56.3. The van der Waals surface area contributed by atoms with Crippen LogP contribution >= 0.6 is 0 Å². The van der Waals surface area contributed by atoms with Gasteiger partial charge >= 0.3 is 0 Å². The van der Waals surface area contributed by atoms with E-state index >= 15 is 0 Å². The van der Waals surface area contributed by atoms with E-state index < -0.39 is 0 Å². The molecule has 0 spiro atoms. The molecule has 2 heteroatoms. The summed E-state index contributed by atoms with van der Waals surface area (Å²) in [5.74, 6) is 0. The summed E-state index contributed by atoms with van der Waals surface area (Å²) in [6.45, 7) is 9.22. The van der Waals surface area contributed by atoms with Crippen molar-refractivity contribution >= 4 is 22.8 Å². The lowest BCUT2D eigenvalue weighted by molar-refractivity contribution is 0.516. The minimum absolute atomic E-state index is 1.00. The van der Waals surface area contributed by atoms with Crippen LogP contribution in [0, 0.1) is 0 Å². The van der Waals surface area contributed by atoms with Crippen LogP contribution in [0.5, 0.6) is 0 Å². The van der Waals surface area contributed by atoms with Crippen LogP contribution in [0.3, 0.4) is 0 Å².